The molecule has 0 unspecified atom stereocenters. The molecule has 0 radical (unpaired) electrons. The van der Waals surface area contributed by atoms with Crippen LogP contribution in [0.4, 0.5) is 5.82 Å². The van der Waals surface area contributed by atoms with Crippen LogP contribution < -0.4 is 21.3 Å². The highest BCUT2D eigenvalue weighted by Gasteiger charge is 2.12. The molecule has 2 aromatic rings. The van der Waals surface area contributed by atoms with Crippen LogP contribution in [0.25, 0.3) is 0 Å². The second-order valence-corrected chi connectivity index (χ2v) is 5.68. The Hall–Kier alpha value is -2.50. The highest BCUT2D eigenvalue weighted by Crippen LogP contribution is 2.25. The summed E-state index contributed by atoms with van der Waals surface area (Å²) in [4.78, 5) is 26.6. The third-order valence-corrected chi connectivity index (χ3v) is 3.72. The highest BCUT2D eigenvalue weighted by atomic mass is 16.5. The van der Waals surface area contributed by atoms with Gasteiger partial charge in [0, 0.05) is 25.1 Å². The summed E-state index contributed by atoms with van der Waals surface area (Å²) in [5.41, 5.74) is 1.58. The molecule has 2 N–H and O–H groups in total. The van der Waals surface area contributed by atoms with Crippen molar-refractivity contribution in [1.29, 1.82) is 0 Å². The van der Waals surface area contributed by atoms with Gasteiger partial charge < -0.3 is 10.1 Å². The van der Waals surface area contributed by atoms with Crippen LogP contribution in [0, 0.1) is 0 Å². The lowest BCUT2D eigenvalue weighted by atomic mass is 10.1. The maximum atomic E-state index is 12.0. The minimum absolute atomic E-state index is 0.165. The molecule has 1 aliphatic heterocycles. The molecule has 0 spiro atoms. The minimum Gasteiger partial charge on any atom is -0.493 e. The van der Waals surface area contributed by atoms with Crippen LogP contribution in [-0.4, -0.2) is 16.2 Å². The molecule has 6 nitrogen and oxygen atoms in total. The van der Waals surface area contributed by atoms with Gasteiger partial charge in [0.25, 0.3) is 5.56 Å². The molecule has 0 saturated carbocycles. The number of aromatic nitrogens is 2. The lowest BCUT2D eigenvalue weighted by Crippen LogP contribution is -2.36. The van der Waals surface area contributed by atoms with E-state index in [4.69, 9.17) is 4.74 Å². The van der Waals surface area contributed by atoms with Crippen molar-refractivity contribution < 1.29 is 4.74 Å². The molecular formula is C16H19N3O3. The number of nitrogens with zero attached hydrogens (tertiary/aromatic N) is 1. The van der Waals surface area contributed by atoms with Gasteiger partial charge in [-0.1, -0.05) is 12.1 Å². The van der Waals surface area contributed by atoms with E-state index in [1.165, 1.54) is 16.2 Å². The van der Waals surface area contributed by atoms with Gasteiger partial charge in [-0.25, -0.2) is 4.79 Å². The summed E-state index contributed by atoms with van der Waals surface area (Å²) in [5, 5.41) is 3.09. The zero-order chi connectivity index (χ0) is 15.7. The first-order valence-corrected chi connectivity index (χ1v) is 7.39. The van der Waals surface area contributed by atoms with Gasteiger partial charge >= 0.3 is 5.69 Å². The van der Waals surface area contributed by atoms with Crippen molar-refractivity contribution >= 4 is 5.82 Å². The van der Waals surface area contributed by atoms with Crippen LogP contribution in [0.2, 0.25) is 0 Å². The van der Waals surface area contributed by atoms with Crippen molar-refractivity contribution in [2.45, 2.75) is 32.9 Å². The molecule has 3 rings (SSSR count). The summed E-state index contributed by atoms with van der Waals surface area (Å²) in [6.07, 6.45) is 0.921. The molecule has 22 heavy (non-hydrogen) atoms. The van der Waals surface area contributed by atoms with Crippen LogP contribution in [0.3, 0.4) is 0 Å². The average Bonchev–Trinajstić information content (AvgIpc) is 2.91. The number of hydrogen-bond donors (Lipinski definition) is 2. The van der Waals surface area contributed by atoms with Crippen LogP contribution in [0.5, 0.6) is 5.75 Å². The molecule has 0 aliphatic carbocycles. The monoisotopic (exact) mass is 301 g/mol. The summed E-state index contributed by atoms with van der Waals surface area (Å²) in [7, 11) is 0. The fourth-order valence-corrected chi connectivity index (χ4v) is 2.64. The van der Waals surface area contributed by atoms with Crippen LogP contribution >= 0.6 is 0 Å². The molecule has 0 amide bonds. The Morgan fingerprint density at radius 1 is 1.32 bits per heavy atom. The fraction of sp³-hybridized carbons (Fsp3) is 0.375. The number of H-pyrrole nitrogens is 1. The smallest absolute Gasteiger partial charge is 0.330 e. The number of fused-ring (bicyclic) bond motifs is 1. The summed E-state index contributed by atoms with van der Waals surface area (Å²) in [6.45, 7) is 4.87. The Morgan fingerprint density at radius 2 is 2.14 bits per heavy atom. The van der Waals surface area contributed by atoms with E-state index in [2.05, 4.69) is 16.4 Å². The Kier molecular flexibility index (Phi) is 3.75. The molecule has 0 bridgehead atoms. The largest absolute Gasteiger partial charge is 0.493 e. The van der Waals surface area contributed by atoms with Crippen molar-refractivity contribution in [3.05, 3.63) is 56.2 Å². The zero-order valence-corrected chi connectivity index (χ0v) is 12.7. The average molecular weight is 301 g/mol. The first-order valence-electron chi connectivity index (χ1n) is 7.39. The lowest BCUT2D eigenvalue weighted by Gasteiger charge is -2.11. The van der Waals surface area contributed by atoms with E-state index in [1.54, 1.807) is 13.8 Å². The van der Waals surface area contributed by atoms with Gasteiger partial charge in [0.1, 0.15) is 11.6 Å². The predicted octanol–water partition coefficient (Wildman–Crippen LogP) is 1.66. The zero-order valence-electron chi connectivity index (χ0n) is 12.7. The molecule has 6 heteroatoms. The first-order chi connectivity index (χ1) is 10.5. The van der Waals surface area contributed by atoms with Gasteiger partial charge in [-0.05, 0) is 31.0 Å². The quantitative estimate of drug-likeness (QED) is 0.900. The molecule has 2 heterocycles. The Morgan fingerprint density at radius 3 is 2.86 bits per heavy atom. The molecular weight excluding hydrogens is 282 g/mol. The number of hydrogen-bond acceptors (Lipinski definition) is 4. The maximum absolute atomic E-state index is 12.0. The fourth-order valence-electron chi connectivity index (χ4n) is 2.64. The highest BCUT2D eigenvalue weighted by molar-refractivity contribution is 5.41. The normalized spacial score (nSPS) is 13.0. The second-order valence-electron chi connectivity index (χ2n) is 5.68. The SMILES string of the molecule is CC(C)n1c(=O)cc(NCc2ccc3c(c2)CCO3)[nH]c1=O. The molecule has 1 aromatic carbocycles. The molecule has 1 aromatic heterocycles. The van der Waals surface area contributed by atoms with E-state index >= 15 is 0 Å². The van der Waals surface area contributed by atoms with Gasteiger partial charge in [0.2, 0.25) is 0 Å². The Bertz CT molecular complexity index is 774. The summed E-state index contributed by atoms with van der Waals surface area (Å²) >= 11 is 0. The van der Waals surface area contributed by atoms with E-state index in [-0.39, 0.29) is 11.6 Å². The van der Waals surface area contributed by atoms with E-state index in [1.807, 2.05) is 12.1 Å². The van der Waals surface area contributed by atoms with Crippen LogP contribution in [0.15, 0.2) is 33.9 Å². The van der Waals surface area contributed by atoms with Crippen molar-refractivity contribution in [1.82, 2.24) is 9.55 Å². The molecule has 0 atom stereocenters. The standard InChI is InChI=1S/C16H19N3O3/c1-10(2)19-15(20)8-14(18-16(19)21)17-9-11-3-4-13-12(7-11)5-6-22-13/h3-4,7-8,10,17H,5-6,9H2,1-2H3,(H,18,21). The van der Waals surface area contributed by atoms with Gasteiger partial charge in [0.05, 0.1) is 6.61 Å². The van der Waals surface area contributed by atoms with Gasteiger partial charge in [0.15, 0.2) is 0 Å². The number of anilines is 1. The number of rotatable bonds is 4. The van der Waals surface area contributed by atoms with Crippen molar-refractivity contribution in [3.63, 3.8) is 0 Å². The maximum Gasteiger partial charge on any atom is 0.330 e. The topological polar surface area (TPSA) is 76.1 Å². The van der Waals surface area contributed by atoms with E-state index < -0.39 is 5.69 Å². The first kappa shape index (κ1) is 14.4. The number of benzene rings is 1. The molecule has 1 aliphatic rings. The second kappa shape index (κ2) is 5.71. The van der Waals surface area contributed by atoms with Gasteiger partial charge in [-0.3, -0.25) is 14.3 Å². The predicted molar refractivity (Wildman–Crippen MR) is 84.7 cm³/mol. The summed E-state index contributed by atoms with van der Waals surface area (Å²) in [6, 6.07) is 7.27. The minimum atomic E-state index is -0.396. The Labute approximate surface area is 127 Å². The Balaban J connectivity index is 1.77. The molecule has 0 fully saturated rings. The summed E-state index contributed by atoms with van der Waals surface area (Å²) < 4.78 is 6.66. The van der Waals surface area contributed by atoms with Crippen molar-refractivity contribution in [2.24, 2.45) is 0 Å². The van der Waals surface area contributed by atoms with Crippen molar-refractivity contribution in [2.75, 3.05) is 11.9 Å². The molecule has 116 valence electrons. The van der Waals surface area contributed by atoms with Crippen molar-refractivity contribution in [3.8, 4) is 5.75 Å². The van der Waals surface area contributed by atoms with E-state index in [0.717, 1.165) is 24.3 Å². The number of ether oxygens (including phenoxy) is 1. The number of nitrogens with one attached hydrogen (secondary N) is 2. The van der Waals surface area contributed by atoms with E-state index in [9.17, 15) is 9.59 Å². The van der Waals surface area contributed by atoms with Crippen LogP contribution in [-0.2, 0) is 13.0 Å². The van der Waals surface area contributed by atoms with E-state index in [0.29, 0.717) is 12.4 Å². The van der Waals surface area contributed by atoms with Crippen LogP contribution in [0.1, 0.15) is 31.0 Å². The molecule has 0 saturated heterocycles. The van der Waals surface area contributed by atoms with Gasteiger partial charge in [-0.15, -0.1) is 0 Å². The van der Waals surface area contributed by atoms with Gasteiger partial charge in [-0.2, -0.15) is 0 Å². The third kappa shape index (κ3) is 2.77. The summed E-state index contributed by atoms with van der Waals surface area (Å²) in [5.74, 6) is 1.38. The lowest BCUT2D eigenvalue weighted by molar-refractivity contribution is 0.357. The number of aromatic amines is 1. The third-order valence-electron chi connectivity index (χ3n) is 3.72.